The third-order valence-corrected chi connectivity index (χ3v) is 1.16. The highest BCUT2D eigenvalue weighted by atomic mass is 32.3. The molecule has 80 valence electrons. The summed E-state index contributed by atoms with van der Waals surface area (Å²) in [5.41, 5.74) is 0. The van der Waals surface area contributed by atoms with Crippen LogP contribution in [-0.2, 0) is 24.0 Å². The van der Waals surface area contributed by atoms with E-state index in [0.717, 1.165) is 6.54 Å². The normalized spacial score (nSPS) is 10.2. The van der Waals surface area contributed by atoms with Gasteiger partial charge in [-0.3, -0.25) is 9.11 Å². The second kappa shape index (κ2) is 5.53. The van der Waals surface area contributed by atoms with Gasteiger partial charge in [-0.15, -0.1) is 0 Å². The van der Waals surface area contributed by atoms with E-state index in [2.05, 4.69) is 11.1 Å². The highest BCUT2D eigenvalue weighted by Gasteiger charge is 1.93. The second-order valence-electron chi connectivity index (χ2n) is 2.51. The minimum absolute atomic E-state index is 0.890. The molecule has 0 bridgehead atoms. The first kappa shape index (κ1) is 12.8. The summed E-state index contributed by atoms with van der Waals surface area (Å²) in [6, 6.07) is 0. The number of aryl methyl sites for hydroxylation is 1. The van der Waals surface area contributed by atoms with Gasteiger partial charge in [0, 0.05) is 0 Å². The second-order valence-corrected chi connectivity index (χ2v) is 3.41. The molecule has 0 aliphatic carbocycles. The largest absolute Gasteiger partial charge is 0.394 e. The Morgan fingerprint density at radius 3 is 2.36 bits per heavy atom. The van der Waals surface area contributed by atoms with Crippen LogP contribution < -0.4 is 4.57 Å². The van der Waals surface area contributed by atoms with Gasteiger partial charge < -0.3 is 0 Å². The summed E-state index contributed by atoms with van der Waals surface area (Å²) in [7, 11) is -2.67. The van der Waals surface area contributed by atoms with Crippen molar-refractivity contribution < 1.29 is 22.1 Å². The van der Waals surface area contributed by atoms with Crippen molar-refractivity contribution in [3.63, 3.8) is 0 Å². The Labute approximate surface area is 82.7 Å². The van der Waals surface area contributed by atoms with Crippen LogP contribution in [0.15, 0.2) is 31.4 Å². The number of nitrogens with zero attached hydrogens (tertiary/aromatic N) is 2. The van der Waals surface area contributed by atoms with E-state index in [1.807, 2.05) is 36.4 Å². The number of allylic oxidation sites excluding steroid dienone is 1. The molecule has 1 rings (SSSR count). The molecule has 0 saturated carbocycles. The van der Waals surface area contributed by atoms with Gasteiger partial charge in [-0.25, -0.2) is 9.13 Å². The Balaban J connectivity index is 0.000000292. The summed E-state index contributed by atoms with van der Waals surface area (Å²) in [5, 5.41) is 0. The van der Waals surface area contributed by atoms with Crippen molar-refractivity contribution in [2.45, 2.75) is 6.54 Å². The zero-order valence-corrected chi connectivity index (χ0v) is 8.55. The molecular formula is C7H13N2O4S+. The van der Waals surface area contributed by atoms with Gasteiger partial charge in [0.15, 0.2) is 0 Å². The summed E-state index contributed by atoms with van der Waals surface area (Å²) in [4.78, 5) is 0. The lowest BCUT2D eigenvalue weighted by Gasteiger charge is -1.83. The summed E-state index contributed by atoms with van der Waals surface area (Å²) in [5.74, 6) is 0. The van der Waals surface area contributed by atoms with Gasteiger partial charge in [0.2, 0.25) is 6.33 Å². The maximum Gasteiger partial charge on any atom is 0.394 e. The lowest BCUT2D eigenvalue weighted by atomic mass is 10.6. The number of rotatable bonds is 2. The fourth-order valence-electron chi connectivity index (χ4n) is 0.759. The van der Waals surface area contributed by atoms with Crippen molar-refractivity contribution in [1.82, 2.24) is 4.57 Å². The zero-order chi connectivity index (χ0) is 11.2. The smallest absolute Gasteiger partial charge is 0.264 e. The molecule has 1 aromatic heterocycles. The number of hydrogen-bond donors (Lipinski definition) is 2. The van der Waals surface area contributed by atoms with Crippen LogP contribution >= 0.6 is 0 Å². The molecule has 0 amide bonds. The van der Waals surface area contributed by atoms with E-state index in [-0.39, 0.29) is 0 Å². The Bertz CT molecular complexity index is 374. The monoisotopic (exact) mass is 221 g/mol. The van der Waals surface area contributed by atoms with Gasteiger partial charge >= 0.3 is 10.4 Å². The lowest BCUT2D eigenvalue weighted by Crippen LogP contribution is -2.23. The molecule has 0 spiro atoms. The summed E-state index contributed by atoms with van der Waals surface area (Å²) in [6.45, 7) is 4.52. The highest BCUT2D eigenvalue weighted by Crippen LogP contribution is 1.81. The van der Waals surface area contributed by atoms with Crippen LogP contribution in [0.25, 0.3) is 0 Å². The topological polar surface area (TPSA) is 83.4 Å². The Hall–Kier alpha value is -1.18. The molecule has 0 fully saturated rings. The van der Waals surface area contributed by atoms with E-state index < -0.39 is 10.4 Å². The first-order valence-corrected chi connectivity index (χ1v) is 5.04. The summed E-state index contributed by atoms with van der Waals surface area (Å²) < 4.78 is 35.6. The molecular weight excluding hydrogens is 208 g/mol. The van der Waals surface area contributed by atoms with E-state index in [1.54, 1.807) is 0 Å². The Morgan fingerprint density at radius 2 is 2.07 bits per heavy atom. The maximum atomic E-state index is 8.74. The molecule has 1 heterocycles. The van der Waals surface area contributed by atoms with Crippen molar-refractivity contribution in [3.8, 4) is 0 Å². The molecule has 0 aliphatic heterocycles. The maximum absolute atomic E-state index is 8.74. The van der Waals surface area contributed by atoms with Crippen LogP contribution in [0.1, 0.15) is 0 Å². The molecule has 7 heteroatoms. The van der Waals surface area contributed by atoms with Crippen LogP contribution in [0.5, 0.6) is 0 Å². The molecule has 0 aromatic carbocycles. The van der Waals surface area contributed by atoms with E-state index in [9.17, 15) is 0 Å². The third-order valence-electron chi connectivity index (χ3n) is 1.16. The predicted octanol–water partition coefficient (Wildman–Crippen LogP) is -0.154. The molecule has 6 nitrogen and oxygen atoms in total. The Kier molecular flexibility index (Phi) is 5.06. The van der Waals surface area contributed by atoms with Crippen LogP contribution in [-0.4, -0.2) is 22.1 Å². The van der Waals surface area contributed by atoms with Gasteiger partial charge in [-0.05, 0) is 0 Å². The standard InChI is InChI=1S/C7H11N2.H2O4S/c1-3-4-9-6-5-8(2)7-9;1-5(2,3)4/h3,5-7H,1,4H2,2H3;(H2,1,2,3,4)/q+1;. The van der Waals surface area contributed by atoms with E-state index in [1.165, 1.54) is 0 Å². The molecule has 2 N–H and O–H groups in total. The fraction of sp³-hybridized carbons (Fsp3) is 0.286. The molecule has 14 heavy (non-hydrogen) atoms. The van der Waals surface area contributed by atoms with Crippen molar-refractivity contribution >= 4 is 10.4 Å². The highest BCUT2D eigenvalue weighted by molar-refractivity contribution is 7.79. The summed E-state index contributed by atoms with van der Waals surface area (Å²) >= 11 is 0. The lowest BCUT2D eigenvalue weighted by molar-refractivity contribution is -0.671. The fourth-order valence-corrected chi connectivity index (χ4v) is 0.759. The minimum Gasteiger partial charge on any atom is -0.264 e. The number of imidazole rings is 1. The molecule has 0 unspecified atom stereocenters. The number of hydrogen-bond acceptors (Lipinski definition) is 2. The van der Waals surface area contributed by atoms with Crippen molar-refractivity contribution in [3.05, 3.63) is 31.4 Å². The van der Waals surface area contributed by atoms with Crippen LogP contribution in [0.4, 0.5) is 0 Å². The molecule has 1 aromatic rings. The molecule has 0 radical (unpaired) electrons. The van der Waals surface area contributed by atoms with Gasteiger partial charge in [0.1, 0.15) is 18.9 Å². The van der Waals surface area contributed by atoms with Crippen LogP contribution in [0.3, 0.4) is 0 Å². The predicted molar refractivity (Wildman–Crippen MR) is 50.0 cm³/mol. The summed E-state index contributed by atoms with van der Waals surface area (Å²) in [6.07, 6.45) is 7.91. The first-order valence-electron chi connectivity index (χ1n) is 3.64. The van der Waals surface area contributed by atoms with Crippen molar-refractivity contribution in [1.29, 1.82) is 0 Å². The van der Waals surface area contributed by atoms with Crippen LogP contribution in [0, 0.1) is 0 Å². The van der Waals surface area contributed by atoms with Crippen molar-refractivity contribution in [2.24, 2.45) is 7.05 Å². The van der Waals surface area contributed by atoms with E-state index in [0.29, 0.717) is 0 Å². The Morgan fingerprint density at radius 1 is 1.57 bits per heavy atom. The third kappa shape index (κ3) is 8.91. The quantitative estimate of drug-likeness (QED) is 0.413. The van der Waals surface area contributed by atoms with Crippen LogP contribution in [0.2, 0.25) is 0 Å². The van der Waals surface area contributed by atoms with Gasteiger partial charge in [-0.2, -0.15) is 8.42 Å². The van der Waals surface area contributed by atoms with E-state index in [4.69, 9.17) is 17.5 Å². The van der Waals surface area contributed by atoms with Crippen molar-refractivity contribution in [2.75, 3.05) is 0 Å². The average molecular weight is 221 g/mol. The molecule has 0 aliphatic rings. The minimum atomic E-state index is -4.67. The zero-order valence-electron chi connectivity index (χ0n) is 7.74. The van der Waals surface area contributed by atoms with Gasteiger partial charge in [0.05, 0.1) is 7.05 Å². The molecule has 0 atom stereocenters. The SMILES string of the molecule is C=CCn1cc[n+](C)c1.O=S(=O)(O)O. The average Bonchev–Trinajstić information content (AvgIpc) is 2.32. The number of aromatic nitrogens is 2. The van der Waals surface area contributed by atoms with E-state index >= 15 is 0 Å². The molecule has 0 saturated heterocycles. The van der Waals surface area contributed by atoms with Gasteiger partial charge in [0.25, 0.3) is 0 Å². The van der Waals surface area contributed by atoms with Gasteiger partial charge in [-0.1, -0.05) is 12.7 Å². The first-order chi connectivity index (χ1) is 6.33.